The monoisotopic (exact) mass is 427 g/mol. The summed E-state index contributed by atoms with van der Waals surface area (Å²) in [5, 5.41) is 0. The van der Waals surface area contributed by atoms with Gasteiger partial charge in [-0.05, 0) is 24.0 Å². The van der Waals surface area contributed by atoms with Crippen LogP contribution in [0.4, 0.5) is 0 Å². The molecule has 0 saturated heterocycles. The number of carbonyl (C=O) groups is 4. The third-order valence-corrected chi connectivity index (χ3v) is 4.31. The topological polar surface area (TPSA) is 165 Å². The molecule has 0 saturated carbocycles. The van der Waals surface area contributed by atoms with Crippen LogP contribution in [0.2, 0.25) is 0 Å². The fraction of sp³-hybridized carbons (Fsp3) is 0.273. The molecule has 0 aliphatic rings. The van der Waals surface area contributed by atoms with Crippen molar-refractivity contribution in [1.82, 2.24) is 0 Å². The molecule has 0 spiro atoms. The second kappa shape index (κ2) is 11.7. The van der Waals surface area contributed by atoms with Crippen molar-refractivity contribution in [3.8, 4) is 0 Å². The van der Waals surface area contributed by atoms with Gasteiger partial charge in [-0.1, -0.05) is 60.7 Å². The number of nitrogens with two attached hydrogens (primary N) is 3. The highest BCUT2D eigenvalue weighted by Crippen LogP contribution is 2.06. The Kier molecular flexibility index (Phi) is 9.01. The Morgan fingerprint density at radius 1 is 0.613 bits per heavy atom. The Hall–Kier alpha value is -3.40. The molecule has 2 aromatic rings. The lowest BCUT2D eigenvalue weighted by Crippen LogP contribution is -2.42. The quantitative estimate of drug-likeness (QED) is 0.368. The van der Waals surface area contributed by atoms with E-state index >= 15 is 0 Å². The van der Waals surface area contributed by atoms with Gasteiger partial charge in [0.25, 0.3) is 0 Å². The first-order valence-electron chi connectivity index (χ1n) is 9.61. The van der Waals surface area contributed by atoms with Gasteiger partial charge >= 0.3 is 23.9 Å². The van der Waals surface area contributed by atoms with Crippen LogP contribution < -0.4 is 17.2 Å². The number of benzene rings is 2. The van der Waals surface area contributed by atoms with Crippen LogP contribution in [-0.2, 0) is 41.5 Å². The summed E-state index contributed by atoms with van der Waals surface area (Å²) in [7, 11) is 0. The van der Waals surface area contributed by atoms with Crippen molar-refractivity contribution in [2.24, 2.45) is 17.2 Å². The van der Waals surface area contributed by atoms with Crippen LogP contribution in [0, 0.1) is 0 Å². The van der Waals surface area contributed by atoms with Crippen molar-refractivity contribution in [1.29, 1.82) is 0 Å². The smallest absolute Gasteiger partial charge is 0.331 e. The van der Waals surface area contributed by atoms with Crippen molar-refractivity contribution in [2.75, 3.05) is 0 Å². The standard InChI is InChI=1S/C22H25N3O6/c23-16(11-14-7-3-1-4-8-14)20(27)30-19(26)13-18(25)22(29)31-21(28)17(24)12-15-9-5-2-6-10-15/h1-10,16-18H,11-13,23-25H2/t16-,17-,18-/m0/s1. The van der Waals surface area contributed by atoms with Crippen molar-refractivity contribution in [3.63, 3.8) is 0 Å². The minimum Gasteiger partial charge on any atom is -0.392 e. The third-order valence-electron chi connectivity index (χ3n) is 4.31. The summed E-state index contributed by atoms with van der Waals surface area (Å²) in [6, 6.07) is 14.2. The molecule has 9 nitrogen and oxygen atoms in total. The van der Waals surface area contributed by atoms with E-state index in [2.05, 4.69) is 9.47 Å². The summed E-state index contributed by atoms with van der Waals surface area (Å²) in [5.74, 6) is -4.13. The first-order valence-corrected chi connectivity index (χ1v) is 9.61. The van der Waals surface area contributed by atoms with E-state index in [1.54, 1.807) is 48.5 Å². The maximum absolute atomic E-state index is 12.0. The van der Waals surface area contributed by atoms with Gasteiger partial charge in [-0.15, -0.1) is 0 Å². The van der Waals surface area contributed by atoms with Crippen molar-refractivity contribution in [2.45, 2.75) is 37.4 Å². The molecule has 2 aromatic carbocycles. The zero-order chi connectivity index (χ0) is 22.8. The molecule has 0 radical (unpaired) electrons. The second-order valence-corrected chi connectivity index (χ2v) is 6.94. The third kappa shape index (κ3) is 8.09. The Labute approximate surface area is 179 Å². The van der Waals surface area contributed by atoms with Gasteiger partial charge in [0.15, 0.2) is 0 Å². The van der Waals surface area contributed by atoms with Crippen LogP contribution in [0.3, 0.4) is 0 Å². The van der Waals surface area contributed by atoms with Gasteiger partial charge < -0.3 is 26.7 Å². The van der Waals surface area contributed by atoms with Crippen LogP contribution in [-0.4, -0.2) is 42.0 Å². The first kappa shape index (κ1) is 23.9. The molecule has 164 valence electrons. The maximum atomic E-state index is 12.0. The molecule has 0 bridgehead atoms. The molecular formula is C22H25N3O6. The van der Waals surface area contributed by atoms with E-state index in [1.807, 2.05) is 12.1 Å². The van der Waals surface area contributed by atoms with Gasteiger partial charge in [0.2, 0.25) is 0 Å². The fourth-order valence-electron chi connectivity index (χ4n) is 2.65. The molecule has 2 rings (SSSR count). The molecule has 0 aliphatic carbocycles. The highest BCUT2D eigenvalue weighted by molar-refractivity contribution is 5.94. The minimum atomic E-state index is -1.50. The van der Waals surface area contributed by atoms with Crippen molar-refractivity contribution in [3.05, 3.63) is 71.8 Å². The van der Waals surface area contributed by atoms with Crippen LogP contribution in [0.5, 0.6) is 0 Å². The summed E-state index contributed by atoms with van der Waals surface area (Å²) in [5.41, 5.74) is 18.7. The second-order valence-electron chi connectivity index (χ2n) is 6.94. The molecule has 0 heterocycles. The predicted octanol–water partition coefficient (Wildman–Crippen LogP) is -0.0166. The summed E-state index contributed by atoms with van der Waals surface area (Å²) < 4.78 is 9.27. The van der Waals surface area contributed by atoms with E-state index in [-0.39, 0.29) is 12.8 Å². The van der Waals surface area contributed by atoms with Gasteiger partial charge in [-0.2, -0.15) is 0 Å². The van der Waals surface area contributed by atoms with E-state index in [9.17, 15) is 19.2 Å². The Morgan fingerprint density at radius 2 is 1.00 bits per heavy atom. The SMILES string of the molecule is N[C@@H](Cc1ccccc1)C(=O)OC(=O)C[C@H](N)C(=O)OC(=O)[C@@H](N)Cc1ccccc1. The van der Waals surface area contributed by atoms with Gasteiger partial charge in [0.1, 0.15) is 18.1 Å². The van der Waals surface area contributed by atoms with Crippen molar-refractivity contribution < 1.29 is 28.7 Å². The number of ether oxygens (including phenoxy) is 2. The molecule has 31 heavy (non-hydrogen) atoms. The van der Waals surface area contributed by atoms with Crippen LogP contribution >= 0.6 is 0 Å². The zero-order valence-electron chi connectivity index (χ0n) is 16.8. The Bertz CT molecular complexity index is 904. The van der Waals surface area contributed by atoms with Gasteiger partial charge in [-0.3, -0.25) is 4.79 Å². The van der Waals surface area contributed by atoms with Gasteiger partial charge in [-0.25, -0.2) is 14.4 Å². The summed E-state index contributed by atoms with van der Waals surface area (Å²) in [6.07, 6.45) is -0.323. The number of carbonyl (C=O) groups excluding carboxylic acids is 4. The zero-order valence-corrected chi connectivity index (χ0v) is 16.8. The number of rotatable bonds is 9. The van der Waals surface area contributed by atoms with Crippen LogP contribution in [0.25, 0.3) is 0 Å². The number of hydrogen-bond acceptors (Lipinski definition) is 9. The normalized spacial score (nSPS) is 13.5. The fourth-order valence-corrected chi connectivity index (χ4v) is 2.65. The molecule has 3 atom stereocenters. The molecule has 0 unspecified atom stereocenters. The minimum absolute atomic E-state index is 0.165. The molecule has 6 N–H and O–H groups in total. The van der Waals surface area contributed by atoms with E-state index in [1.165, 1.54) is 0 Å². The maximum Gasteiger partial charge on any atom is 0.331 e. The van der Waals surface area contributed by atoms with E-state index < -0.39 is 48.4 Å². The molecule has 9 heteroatoms. The summed E-state index contributed by atoms with van der Waals surface area (Å²) in [4.78, 5) is 47.8. The molecule has 0 fully saturated rings. The first-order chi connectivity index (χ1) is 14.8. The van der Waals surface area contributed by atoms with E-state index in [4.69, 9.17) is 17.2 Å². The van der Waals surface area contributed by atoms with Crippen LogP contribution in [0.15, 0.2) is 60.7 Å². The van der Waals surface area contributed by atoms with Crippen LogP contribution in [0.1, 0.15) is 17.5 Å². The van der Waals surface area contributed by atoms with E-state index in [0.717, 1.165) is 11.1 Å². The summed E-state index contributed by atoms with van der Waals surface area (Å²) >= 11 is 0. The molecule has 0 amide bonds. The lowest BCUT2D eigenvalue weighted by molar-refractivity contribution is -0.166. The lowest BCUT2D eigenvalue weighted by Gasteiger charge is -2.14. The molecule has 0 aromatic heterocycles. The molecule has 0 aliphatic heterocycles. The van der Waals surface area contributed by atoms with Crippen molar-refractivity contribution >= 4 is 23.9 Å². The largest absolute Gasteiger partial charge is 0.392 e. The predicted molar refractivity (Wildman–Crippen MR) is 111 cm³/mol. The molecular weight excluding hydrogens is 402 g/mol. The highest BCUT2D eigenvalue weighted by atomic mass is 16.6. The van der Waals surface area contributed by atoms with Gasteiger partial charge in [0.05, 0.1) is 6.42 Å². The number of hydrogen-bond donors (Lipinski definition) is 3. The Morgan fingerprint density at radius 3 is 1.45 bits per heavy atom. The van der Waals surface area contributed by atoms with Gasteiger partial charge in [0, 0.05) is 0 Å². The lowest BCUT2D eigenvalue weighted by atomic mass is 10.1. The highest BCUT2D eigenvalue weighted by Gasteiger charge is 2.27. The number of esters is 4. The Balaban J connectivity index is 1.77. The average molecular weight is 427 g/mol. The average Bonchev–Trinajstić information content (AvgIpc) is 2.74. The summed E-state index contributed by atoms with van der Waals surface area (Å²) in [6.45, 7) is 0. The van der Waals surface area contributed by atoms with E-state index in [0.29, 0.717) is 0 Å².